The van der Waals surface area contributed by atoms with Gasteiger partial charge in [-0.15, -0.1) is 0 Å². The zero-order valence-corrected chi connectivity index (χ0v) is 20.1. The van der Waals surface area contributed by atoms with E-state index in [1.807, 2.05) is 5.43 Å². The maximum Gasteiger partial charge on any atom is 0.435 e. The summed E-state index contributed by atoms with van der Waals surface area (Å²) in [6, 6.07) is 5.87. The number of amides is 1. The largest absolute Gasteiger partial charge is 0.435 e. The first-order chi connectivity index (χ1) is 16.1. The van der Waals surface area contributed by atoms with Crippen molar-refractivity contribution in [3.8, 4) is 0 Å². The van der Waals surface area contributed by atoms with E-state index in [9.17, 15) is 31.1 Å². The molecule has 3 rings (SSSR count). The minimum absolute atomic E-state index is 0.00863. The standard InChI is InChI=1S/C20H13Cl4F6N3O2/c21-11-2-1-9(5-14(11)31-32-16(34)3-4-19(25,26)27)15-8-18(35-33-15,20(28,29)30)10-6-12(22)17(24)13(23)7-10/h1-2,5-7,31H,3-4,8H2,(H,32,34). The molecule has 0 radical (unpaired) electrons. The molecule has 0 saturated heterocycles. The molecule has 1 heterocycles. The average Bonchev–Trinajstić information content (AvgIpc) is 3.21. The van der Waals surface area contributed by atoms with Gasteiger partial charge in [-0.2, -0.15) is 26.3 Å². The maximum atomic E-state index is 14.2. The second-order valence-electron chi connectivity index (χ2n) is 7.37. The van der Waals surface area contributed by atoms with Gasteiger partial charge in [0.15, 0.2) is 0 Å². The third kappa shape index (κ3) is 6.19. The zero-order chi connectivity index (χ0) is 26.2. The zero-order valence-electron chi connectivity index (χ0n) is 17.1. The number of benzene rings is 2. The van der Waals surface area contributed by atoms with E-state index in [0.29, 0.717) is 0 Å². The molecule has 1 atom stereocenters. The minimum Gasteiger partial charge on any atom is -0.374 e. The molecular weight excluding hydrogens is 570 g/mol. The topological polar surface area (TPSA) is 62.7 Å². The van der Waals surface area contributed by atoms with Crippen molar-refractivity contribution in [1.82, 2.24) is 5.43 Å². The lowest BCUT2D eigenvalue weighted by molar-refractivity contribution is -0.275. The average molecular weight is 583 g/mol. The van der Waals surface area contributed by atoms with Crippen molar-refractivity contribution in [2.75, 3.05) is 5.43 Å². The number of hydrazine groups is 1. The van der Waals surface area contributed by atoms with Crippen LogP contribution in [0.15, 0.2) is 35.5 Å². The maximum absolute atomic E-state index is 14.2. The molecule has 0 spiro atoms. The van der Waals surface area contributed by atoms with Gasteiger partial charge in [0.1, 0.15) is 0 Å². The van der Waals surface area contributed by atoms with E-state index < -0.39 is 48.7 Å². The molecule has 15 heteroatoms. The fraction of sp³-hybridized carbons (Fsp3) is 0.300. The summed E-state index contributed by atoms with van der Waals surface area (Å²) < 4.78 is 79.3. The highest BCUT2D eigenvalue weighted by atomic mass is 35.5. The van der Waals surface area contributed by atoms with Crippen molar-refractivity contribution in [1.29, 1.82) is 0 Å². The van der Waals surface area contributed by atoms with Crippen molar-refractivity contribution in [3.05, 3.63) is 61.5 Å². The van der Waals surface area contributed by atoms with E-state index in [1.165, 1.54) is 18.2 Å². The Morgan fingerprint density at radius 3 is 2.20 bits per heavy atom. The number of alkyl halides is 6. The van der Waals surface area contributed by atoms with E-state index in [-0.39, 0.29) is 37.1 Å². The Hall–Kier alpha value is -2.08. The third-order valence-electron chi connectivity index (χ3n) is 4.91. The molecular formula is C20H13Cl4F6N3O2. The van der Waals surface area contributed by atoms with Crippen LogP contribution in [0.2, 0.25) is 20.1 Å². The summed E-state index contributed by atoms with van der Waals surface area (Å²) in [5.74, 6) is -0.974. The Bertz CT molecular complexity index is 1150. The molecule has 0 bridgehead atoms. The van der Waals surface area contributed by atoms with E-state index in [2.05, 4.69) is 10.6 Å². The lowest BCUT2D eigenvalue weighted by Crippen LogP contribution is -2.42. The summed E-state index contributed by atoms with van der Waals surface area (Å²) in [6.07, 6.45) is -12.4. The molecule has 5 nitrogen and oxygen atoms in total. The molecule has 2 aromatic carbocycles. The lowest BCUT2D eigenvalue weighted by atomic mass is 9.86. The van der Waals surface area contributed by atoms with Crippen LogP contribution < -0.4 is 10.9 Å². The number of rotatable bonds is 6. The van der Waals surface area contributed by atoms with Gasteiger partial charge in [0.25, 0.3) is 5.60 Å². The molecule has 0 fully saturated rings. The predicted molar refractivity (Wildman–Crippen MR) is 120 cm³/mol. The lowest BCUT2D eigenvalue weighted by Gasteiger charge is -2.30. The number of halogens is 10. The summed E-state index contributed by atoms with van der Waals surface area (Å²) in [4.78, 5) is 16.5. The fourth-order valence-corrected chi connectivity index (χ4v) is 3.86. The first-order valence-corrected chi connectivity index (χ1v) is 11.0. The number of hydrogen-bond donors (Lipinski definition) is 2. The van der Waals surface area contributed by atoms with Crippen LogP contribution in [0.5, 0.6) is 0 Å². The number of carbonyl (C=O) groups excluding carboxylic acids is 1. The number of nitrogens with zero attached hydrogens (tertiary/aromatic N) is 1. The molecule has 2 N–H and O–H groups in total. The molecule has 2 aromatic rings. The van der Waals surface area contributed by atoms with Gasteiger partial charge < -0.3 is 4.84 Å². The van der Waals surface area contributed by atoms with Crippen molar-refractivity contribution in [3.63, 3.8) is 0 Å². The van der Waals surface area contributed by atoms with Crippen LogP contribution in [0.3, 0.4) is 0 Å². The summed E-state index contributed by atoms with van der Waals surface area (Å²) in [5.41, 5.74) is 1.07. The molecule has 1 unspecified atom stereocenters. The van der Waals surface area contributed by atoms with Gasteiger partial charge in [-0.3, -0.25) is 15.6 Å². The summed E-state index contributed by atoms with van der Waals surface area (Å²) in [5, 5.41) is 3.08. The van der Waals surface area contributed by atoms with Crippen LogP contribution >= 0.6 is 46.4 Å². The van der Waals surface area contributed by atoms with Crippen LogP contribution in [-0.4, -0.2) is 24.0 Å². The van der Waals surface area contributed by atoms with E-state index in [0.717, 1.165) is 12.1 Å². The molecule has 0 aromatic heterocycles. The second-order valence-corrected chi connectivity index (χ2v) is 8.97. The van der Waals surface area contributed by atoms with Gasteiger partial charge in [-0.05, 0) is 24.3 Å². The summed E-state index contributed by atoms with van der Waals surface area (Å²) in [7, 11) is 0. The Morgan fingerprint density at radius 1 is 1.00 bits per heavy atom. The third-order valence-corrected chi connectivity index (χ3v) is 6.43. The van der Waals surface area contributed by atoms with Gasteiger partial charge in [-0.1, -0.05) is 57.6 Å². The summed E-state index contributed by atoms with van der Waals surface area (Å²) in [6.45, 7) is 0. The predicted octanol–water partition coefficient (Wildman–Crippen LogP) is 7.67. The van der Waals surface area contributed by atoms with Crippen molar-refractivity contribution in [2.45, 2.75) is 37.2 Å². The van der Waals surface area contributed by atoms with E-state index >= 15 is 0 Å². The van der Waals surface area contributed by atoms with Crippen LogP contribution in [0, 0.1) is 0 Å². The monoisotopic (exact) mass is 581 g/mol. The molecule has 0 saturated carbocycles. The highest BCUT2D eigenvalue weighted by Crippen LogP contribution is 2.50. The van der Waals surface area contributed by atoms with Gasteiger partial charge in [0, 0.05) is 24.0 Å². The Kier molecular flexibility index (Phi) is 7.95. The second kappa shape index (κ2) is 10.1. The van der Waals surface area contributed by atoms with Crippen LogP contribution in [0.1, 0.15) is 30.4 Å². The van der Waals surface area contributed by atoms with Crippen LogP contribution in [0.4, 0.5) is 32.0 Å². The normalized spacial score (nSPS) is 18.2. The molecule has 35 heavy (non-hydrogen) atoms. The molecule has 1 aliphatic heterocycles. The minimum atomic E-state index is -4.95. The van der Waals surface area contributed by atoms with E-state index in [4.69, 9.17) is 51.2 Å². The molecule has 0 aliphatic carbocycles. The summed E-state index contributed by atoms with van der Waals surface area (Å²) >= 11 is 23.7. The quantitative estimate of drug-likeness (QED) is 0.209. The highest BCUT2D eigenvalue weighted by Gasteiger charge is 2.62. The van der Waals surface area contributed by atoms with Crippen LogP contribution in [-0.2, 0) is 15.2 Å². The number of carbonyl (C=O) groups is 1. The SMILES string of the molecule is O=C(CCC(F)(F)F)NNc1cc(C2=NOC(c3cc(Cl)c(Cl)c(Cl)c3)(C(F)(F)F)C2)ccc1Cl. The number of hydrogen-bond acceptors (Lipinski definition) is 4. The smallest absolute Gasteiger partial charge is 0.374 e. The van der Waals surface area contributed by atoms with E-state index in [1.54, 1.807) is 0 Å². The number of anilines is 1. The number of nitrogens with one attached hydrogen (secondary N) is 2. The first kappa shape index (κ1) is 27.5. The fourth-order valence-electron chi connectivity index (χ4n) is 3.10. The van der Waals surface area contributed by atoms with Gasteiger partial charge in [-0.25, -0.2) is 0 Å². The highest BCUT2D eigenvalue weighted by molar-refractivity contribution is 6.48. The molecule has 1 aliphatic rings. The molecule has 1 amide bonds. The van der Waals surface area contributed by atoms with Crippen molar-refractivity contribution in [2.24, 2.45) is 5.16 Å². The first-order valence-electron chi connectivity index (χ1n) is 9.51. The van der Waals surface area contributed by atoms with Gasteiger partial charge >= 0.3 is 12.4 Å². The Balaban J connectivity index is 1.83. The van der Waals surface area contributed by atoms with Gasteiger partial charge in [0.2, 0.25) is 5.91 Å². The number of oxime groups is 1. The van der Waals surface area contributed by atoms with Crippen molar-refractivity contribution >= 4 is 63.7 Å². The Labute approximate surface area is 214 Å². The van der Waals surface area contributed by atoms with Crippen LogP contribution in [0.25, 0.3) is 0 Å². The van der Waals surface area contributed by atoms with Gasteiger partial charge in [0.05, 0.1) is 37.9 Å². The molecule has 190 valence electrons. The Morgan fingerprint density at radius 2 is 1.63 bits per heavy atom. The van der Waals surface area contributed by atoms with Crippen molar-refractivity contribution < 1.29 is 36.0 Å².